The van der Waals surface area contributed by atoms with Crippen molar-refractivity contribution in [2.45, 2.75) is 25.0 Å². The molecule has 2 N–H and O–H groups in total. The summed E-state index contributed by atoms with van der Waals surface area (Å²) in [6, 6.07) is 4.37. The van der Waals surface area contributed by atoms with Crippen molar-refractivity contribution in [2.24, 2.45) is 0 Å². The molecule has 1 atom stereocenters. The van der Waals surface area contributed by atoms with E-state index in [9.17, 15) is 4.79 Å². The summed E-state index contributed by atoms with van der Waals surface area (Å²) in [6.07, 6.45) is 4.59. The fourth-order valence-electron chi connectivity index (χ4n) is 2.68. The number of aldehydes is 1. The highest BCUT2D eigenvalue weighted by Crippen LogP contribution is 2.35. The first-order valence-electron chi connectivity index (χ1n) is 6.06. The minimum Gasteiger partial charge on any atom is -0.342 e. The van der Waals surface area contributed by atoms with Crippen molar-refractivity contribution < 1.29 is 4.79 Å². The summed E-state index contributed by atoms with van der Waals surface area (Å²) >= 11 is 0. The Morgan fingerprint density at radius 2 is 2.24 bits per heavy atom. The smallest absolute Gasteiger partial charge is 0.162 e. The van der Waals surface area contributed by atoms with Crippen LogP contribution in [-0.4, -0.2) is 36.6 Å². The molecule has 1 saturated heterocycles. The van der Waals surface area contributed by atoms with Crippen LogP contribution in [0, 0.1) is 0 Å². The largest absolute Gasteiger partial charge is 0.342 e. The Labute approximate surface area is 100 Å². The van der Waals surface area contributed by atoms with Crippen molar-refractivity contribution in [3.8, 4) is 0 Å². The molecule has 0 spiro atoms. The maximum Gasteiger partial charge on any atom is 0.162 e. The third-order valence-corrected chi connectivity index (χ3v) is 3.48. The van der Waals surface area contributed by atoms with E-state index in [1.165, 1.54) is 0 Å². The van der Waals surface area contributed by atoms with Gasteiger partial charge in [-0.25, -0.2) is 4.98 Å². The van der Waals surface area contributed by atoms with Gasteiger partial charge in [0.05, 0.1) is 5.69 Å². The van der Waals surface area contributed by atoms with Gasteiger partial charge >= 0.3 is 0 Å². The summed E-state index contributed by atoms with van der Waals surface area (Å²) in [4.78, 5) is 17.6. The van der Waals surface area contributed by atoms with Crippen molar-refractivity contribution in [1.29, 1.82) is 0 Å². The summed E-state index contributed by atoms with van der Waals surface area (Å²) in [6.45, 7) is 2.03. The van der Waals surface area contributed by atoms with E-state index in [0.717, 1.165) is 43.7 Å². The van der Waals surface area contributed by atoms with Crippen LogP contribution in [0.1, 0.15) is 12.8 Å². The number of carbonyl (C=O) groups is 1. The van der Waals surface area contributed by atoms with Crippen LogP contribution in [0.3, 0.4) is 0 Å². The molecular weight excluding hydrogens is 216 g/mol. The minimum atomic E-state index is -0.261. The van der Waals surface area contributed by atoms with Crippen molar-refractivity contribution in [3.63, 3.8) is 0 Å². The molecule has 2 aliphatic heterocycles. The molecule has 5 heteroatoms. The van der Waals surface area contributed by atoms with Gasteiger partial charge in [0, 0.05) is 12.2 Å². The average Bonchev–Trinajstić information content (AvgIpc) is 2.78. The fourth-order valence-corrected chi connectivity index (χ4v) is 2.68. The van der Waals surface area contributed by atoms with Crippen molar-refractivity contribution in [2.75, 3.05) is 23.3 Å². The van der Waals surface area contributed by atoms with Gasteiger partial charge in [0.25, 0.3) is 0 Å². The molecule has 0 bridgehead atoms. The highest BCUT2D eigenvalue weighted by atomic mass is 16.1. The van der Waals surface area contributed by atoms with Gasteiger partial charge < -0.3 is 15.5 Å². The van der Waals surface area contributed by atoms with Crippen molar-refractivity contribution in [3.05, 3.63) is 18.3 Å². The molecule has 0 aromatic carbocycles. The number of piperidine rings is 1. The van der Waals surface area contributed by atoms with Crippen LogP contribution in [0.4, 0.5) is 11.5 Å². The van der Waals surface area contributed by atoms with Crippen LogP contribution in [0.15, 0.2) is 18.3 Å². The normalized spacial score (nSPS) is 24.2. The average molecular weight is 232 g/mol. The first kappa shape index (κ1) is 10.5. The Morgan fingerprint density at radius 1 is 1.41 bits per heavy atom. The molecule has 3 heterocycles. The lowest BCUT2D eigenvalue weighted by atomic mass is 10.0. The molecule has 17 heavy (non-hydrogen) atoms. The van der Waals surface area contributed by atoms with Crippen LogP contribution in [-0.2, 0) is 4.79 Å². The lowest BCUT2D eigenvalue weighted by Crippen LogP contribution is -2.48. The third-order valence-electron chi connectivity index (χ3n) is 3.48. The van der Waals surface area contributed by atoms with E-state index in [1.807, 2.05) is 12.1 Å². The third kappa shape index (κ3) is 1.76. The minimum absolute atomic E-state index is 0.261. The van der Waals surface area contributed by atoms with Gasteiger partial charge in [-0.05, 0) is 38.1 Å². The number of nitrogens with zero attached hydrogens (tertiary/aromatic N) is 2. The van der Waals surface area contributed by atoms with Crippen LogP contribution in [0.25, 0.3) is 0 Å². The number of fused-ring (bicyclic) bond motifs is 1. The van der Waals surface area contributed by atoms with Gasteiger partial charge in [0.15, 0.2) is 18.3 Å². The van der Waals surface area contributed by atoms with Crippen LogP contribution in [0.2, 0.25) is 0 Å². The summed E-state index contributed by atoms with van der Waals surface area (Å²) < 4.78 is 0. The molecule has 1 fully saturated rings. The predicted molar refractivity (Wildman–Crippen MR) is 66.1 cm³/mol. The molecule has 0 amide bonds. The number of nitrogens with one attached hydrogen (secondary N) is 2. The Balaban J connectivity index is 1.92. The Morgan fingerprint density at radius 3 is 3.00 bits per heavy atom. The first-order valence-corrected chi connectivity index (χ1v) is 6.06. The second kappa shape index (κ2) is 4.33. The first-order chi connectivity index (χ1) is 8.40. The van der Waals surface area contributed by atoms with Crippen LogP contribution in [0.5, 0.6) is 0 Å². The van der Waals surface area contributed by atoms with E-state index in [-0.39, 0.29) is 6.17 Å². The Hall–Kier alpha value is -1.62. The number of rotatable bonds is 2. The van der Waals surface area contributed by atoms with Gasteiger partial charge in [-0.15, -0.1) is 0 Å². The van der Waals surface area contributed by atoms with E-state index in [4.69, 9.17) is 0 Å². The zero-order valence-corrected chi connectivity index (χ0v) is 9.60. The highest BCUT2D eigenvalue weighted by Gasteiger charge is 2.34. The standard InChI is InChI=1S/C12H16N4O/c17-8-11-15-12-10(2-1-5-14-12)16(11)9-3-6-13-7-4-9/h1-2,5,8-9,11,13H,3-4,6-7H2,(H,14,15). The molecule has 0 saturated carbocycles. The van der Waals surface area contributed by atoms with Gasteiger partial charge in [-0.1, -0.05) is 0 Å². The number of hydrogen-bond acceptors (Lipinski definition) is 5. The molecule has 90 valence electrons. The molecule has 0 aliphatic carbocycles. The van der Waals surface area contributed by atoms with Gasteiger partial charge in [-0.3, -0.25) is 4.79 Å². The number of anilines is 2. The van der Waals surface area contributed by atoms with Crippen molar-refractivity contribution in [1.82, 2.24) is 10.3 Å². The summed E-state index contributed by atoms with van der Waals surface area (Å²) in [5, 5.41) is 6.50. The molecule has 0 radical (unpaired) electrons. The molecule has 1 aromatic rings. The van der Waals surface area contributed by atoms with Crippen LogP contribution < -0.4 is 15.5 Å². The van der Waals surface area contributed by atoms with Gasteiger partial charge in [0.1, 0.15) is 0 Å². The molecular formula is C12H16N4O. The van der Waals surface area contributed by atoms with E-state index < -0.39 is 0 Å². The summed E-state index contributed by atoms with van der Waals surface area (Å²) in [5.41, 5.74) is 1.05. The Bertz CT molecular complexity index is 417. The molecule has 1 aromatic heterocycles. The highest BCUT2D eigenvalue weighted by molar-refractivity contribution is 5.82. The second-order valence-corrected chi connectivity index (χ2v) is 4.48. The van der Waals surface area contributed by atoms with Crippen LogP contribution >= 0.6 is 0 Å². The topological polar surface area (TPSA) is 57.3 Å². The lowest BCUT2D eigenvalue weighted by Gasteiger charge is -2.35. The number of pyridine rings is 1. The monoisotopic (exact) mass is 232 g/mol. The molecule has 3 rings (SSSR count). The molecule has 1 unspecified atom stereocenters. The van der Waals surface area contributed by atoms with E-state index in [1.54, 1.807) is 6.20 Å². The number of hydrogen-bond donors (Lipinski definition) is 2. The van der Waals surface area contributed by atoms with E-state index in [0.29, 0.717) is 6.04 Å². The summed E-state index contributed by atoms with van der Waals surface area (Å²) in [5.74, 6) is 0.822. The molecule has 2 aliphatic rings. The van der Waals surface area contributed by atoms with E-state index in [2.05, 4.69) is 20.5 Å². The lowest BCUT2D eigenvalue weighted by molar-refractivity contribution is -0.108. The number of aromatic nitrogens is 1. The Kier molecular flexibility index (Phi) is 2.68. The van der Waals surface area contributed by atoms with Gasteiger partial charge in [0.2, 0.25) is 0 Å². The van der Waals surface area contributed by atoms with E-state index >= 15 is 0 Å². The SMILES string of the molecule is O=CC1Nc2ncccc2N1C1CCNCC1. The maximum atomic E-state index is 11.2. The number of carbonyl (C=O) groups excluding carboxylic acids is 1. The fraction of sp³-hybridized carbons (Fsp3) is 0.500. The maximum absolute atomic E-state index is 11.2. The zero-order chi connectivity index (χ0) is 11.7. The summed E-state index contributed by atoms with van der Waals surface area (Å²) in [7, 11) is 0. The predicted octanol–water partition coefficient (Wildman–Crippen LogP) is 0.590. The molecule has 5 nitrogen and oxygen atoms in total. The van der Waals surface area contributed by atoms with Gasteiger partial charge in [-0.2, -0.15) is 0 Å². The zero-order valence-electron chi connectivity index (χ0n) is 9.60. The van der Waals surface area contributed by atoms with Crippen molar-refractivity contribution >= 4 is 17.8 Å². The second-order valence-electron chi connectivity index (χ2n) is 4.48. The quantitative estimate of drug-likeness (QED) is 0.731.